The molecule has 104 valence electrons. The third-order valence-corrected chi connectivity index (χ3v) is 3.80. The van der Waals surface area contributed by atoms with E-state index in [2.05, 4.69) is 10.3 Å². The van der Waals surface area contributed by atoms with Gasteiger partial charge in [0.2, 0.25) is 5.91 Å². The van der Waals surface area contributed by atoms with Crippen LogP contribution in [-0.2, 0) is 16.1 Å². The van der Waals surface area contributed by atoms with Crippen LogP contribution in [0.5, 0.6) is 0 Å². The summed E-state index contributed by atoms with van der Waals surface area (Å²) in [4.78, 5) is 25.9. The lowest BCUT2D eigenvalue weighted by atomic mass is 9.77. The molecule has 0 spiro atoms. The number of carbonyl (C=O) groups excluding carboxylic acids is 1. The van der Waals surface area contributed by atoms with E-state index in [1.54, 1.807) is 6.20 Å². The number of hydrogen-bond acceptors (Lipinski definition) is 3. The van der Waals surface area contributed by atoms with E-state index in [1.807, 2.05) is 12.3 Å². The summed E-state index contributed by atoms with van der Waals surface area (Å²) < 4.78 is 0. The van der Waals surface area contributed by atoms with Gasteiger partial charge in [-0.1, -0.05) is 0 Å². The summed E-state index contributed by atoms with van der Waals surface area (Å²) >= 11 is 0. The Bertz CT molecular complexity index is 448. The molecular formula is C13H19N3O3. The summed E-state index contributed by atoms with van der Waals surface area (Å²) in [5, 5.41) is 11.9. The van der Waals surface area contributed by atoms with E-state index in [0.717, 1.165) is 5.56 Å². The quantitative estimate of drug-likeness (QED) is 0.639. The molecular weight excluding hydrogens is 246 g/mol. The Labute approximate surface area is 111 Å². The van der Waals surface area contributed by atoms with Gasteiger partial charge < -0.3 is 21.1 Å². The molecule has 1 aromatic heterocycles. The highest BCUT2D eigenvalue weighted by atomic mass is 16.4. The molecule has 5 N–H and O–H groups in total. The number of nitrogens with one attached hydrogen (secondary N) is 2. The average Bonchev–Trinajstić information content (AvgIpc) is 2.90. The van der Waals surface area contributed by atoms with Gasteiger partial charge in [0.1, 0.15) is 5.54 Å². The third-order valence-electron chi connectivity index (χ3n) is 3.80. The minimum atomic E-state index is -1.16. The number of carboxylic acids is 1. The number of carbonyl (C=O) groups is 2. The van der Waals surface area contributed by atoms with Gasteiger partial charge in [-0.05, 0) is 37.3 Å². The zero-order valence-electron chi connectivity index (χ0n) is 10.7. The lowest BCUT2D eigenvalue weighted by Gasteiger charge is -2.32. The van der Waals surface area contributed by atoms with Gasteiger partial charge >= 0.3 is 5.97 Å². The van der Waals surface area contributed by atoms with Crippen LogP contribution in [0.4, 0.5) is 0 Å². The Morgan fingerprint density at radius 1 is 1.47 bits per heavy atom. The maximum atomic E-state index is 12.0. The van der Waals surface area contributed by atoms with Crippen LogP contribution in [-0.4, -0.2) is 27.5 Å². The molecule has 1 saturated carbocycles. The van der Waals surface area contributed by atoms with E-state index in [4.69, 9.17) is 10.8 Å². The van der Waals surface area contributed by atoms with Crippen LogP contribution in [0.3, 0.4) is 0 Å². The summed E-state index contributed by atoms with van der Waals surface area (Å²) in [5.41, 5.74) is 5.64. The summed E-state index contributed by atoms with van der Waals surface area (Å²) in [7, 11) is 0. The number of hydrogen-bond donors (Lipinski definition) is 4. The lowest BCUT2D eigenvalue weighted by Crippen LogP contribution is -2.51. The molecule has 1 amide bonds. The van der Waals surface area contributed by atoms with E-state index in [-0.39, 0.29) is 11.8 Å². The molecule has 0 atom stereocenters. The predicted octanol–water partition coefficient (Wildman–Crippen LogP) is 0.603. The molecule has 19 heavy (non-hydrogen) atoms. The number of rotatable bonds is 4. The van der Waals surface area contributed by atoms with E-state index in [9.17, 15) is 9.59 Å². The number of H-pyrrole nitrogens is 1. The average molecular weight is 265 g/mol. The fourth-order valence-electron chi connectivity index (χ4n) is 2.41. The maximum Gasteiger partial charge on any atom is 0.323 e. The van der Waals surface area contributed by atoms with Crippen molar-refractivity contribution in [2.75, 3.05) is 0 Å². The van der Waals surface area contributed by atoms with Gasteiger partial charge in [0.25, 0.3) is 0 Å². The van der Waals surface area contributed by atoms with Crippen LogP contribution in [0.15, 0.2) is 18.5 Å². The minimum absolute atomic E-state index is 0.0198. The smallest absolute Gasteiger partial charge is 0.323 e. The summed E-state index contributed by atoms with van der Waals surface area (Å²) in [6, 6.07) is 1.90. The first-order chi connectivity index (χ1) is 9.01. The van der Waals surface area contributed by atoms with Gasteiger partial charge in [-0.2, -0.15) is 0 Å². The molecule has 1 aliphatic rings. The van der Waals surface area contributed by atoms with Gasteiger partial charge in [0, 0.05) is 24.9 Å². The molecule has 0 bridgehead atoms. The number of aromatic amines is 1. The fraction of sp³-hybridized carbons (Fsp3) is 0.538. The van der Waals surface area contributed by atoms with Crippen LogP contribution < -0.4 is 11.1 Å². The standard InChI is InChI=1S/C13H19N3O3/c14-13(12(18)19)4-1-10(2-5-13)11(17)16-8-9-3-6-15-7-9/h3,6-7,10,15H,1-2,4-5,8,14H2,(H,16,17)(H,18,19). The molecule has 0 radical (unpaired) electrons. The van der Waals surface area contributed by atoms with Crippen molar-refractivity contribution in [3.63, 3.8) is 0 Å². The van der Waals surface area contributed by atoms with Crippen molar-refractivity contribution in [2.24, 2.45) is 11.7 Å². The highest BCUT2D eigenvalue weighted by Gasteiger charge is 2.39. The second-order valence-electron chi connectivity index (χ2n) is 5.17. The van der Waals surface area contributed by atoms with Crippen LogP contribution in [0.2, 0.25) is 0 Å². The molecule has 6 nitrogen and oxygen atoms in total. The Hall–Kier alpha value is -1.82. The van der Waals surface area contributed by atoms with Crippen molar-refractivity contribution in [1.82, 2.24) is 10.3 Å². The van der Waals surface area contributed by atoms with Crippen LogP contribution in [0.25, 0.3) is 0 Å². The summed E-state index contributed by atoms with van der Waals surface area (Å²) in [6.07, 6.45) is 5.40. The van der Waals surface area contributed by atoms with Gasteiger partial charge in [0.05, 0.1) is 0 Å². The first-order valence-corrected chi connectivity index (χ1v) is 6.43. The van der Waals surface area contributed by atoms with E-state index >= 15 is 0 Å². The molecule has 0 saturated heterocycles. The van der Waals surface area contributed by atoms with Crippen LogP contribution in [0.1, 0.15) is 31.2 Å². The van der Waals surface area contributed by atoms with Crippen LogP contribution >= 0.6 is 0 Å². The SMILES string of the molecule is NC1(C(=O)O)CCC(C(=O)NCc2cc[nH]c2)CC1. The Balaban J connectivity index is 1.81. The van der Waals surface area contributed by atoms with Crippen molar-refractivity contribution in [3.8, 4) is 0 Å². The monoisotopic (exact) mass is 265 g/mol. The number of aliphatic carboxylic acids is 1. The number of carboxylic acid groups (broad SMARTS) is 1. The first-order valence-electron chi connectivity index (χ1n) is 6.43. The normalized spacial score (nSPS) is 26.9. The molecule has 6 heteroatoms. The predicted molar refractivity (Wildman–Crippen MR) is 69.2 cm³/mol. The molecule has 0 unspecified atom stereocenters. The Kier molecular flexibility index (Phi) is 3.90. The second-order valence-corrected chi connectivity index (χ2v) is 5.17. The summed E-state index contributed by atoms with van der Waals surface area (Å²) in [5.74, 6) is -1.12. The van der Waals surface area contributed by atoms with Crippen molar-refractivity contribution in [1.29, 1.82) is 0 Å². The first kappa shape index (κ1) is 13.6. The van der Waals surface area contributed by atoms with Gasteiger partial charge in [0.15, 0.2) is 0 Å². The second kappa shape index (κ2) is 5.44. The number of amides is 1. The maximum absolute atomic E-state index is 12.0. The van der Waals surface area contributed by atoms with Gasteiger partial charge in [-0.3, -0.25) is 9.59 Å². The molecule has 2 rings (SSSR count). The molecule has 0 aromatic carbocycles. The zero-order chi connectivity index (χ0) is 13.9. The van der Waals surface area contributed by atoms with Crippen molar-refractivity contribution >= 4 is 11.9 Å². The van der Waals surface area contributed by atoms with Gasteiger partial charge in [-0.25, -0.2) is 0 Å². The highest BCUT2D eigenvalue weighted by Crippen LogP contribution is 2.30. The van der Waals surface area contributed by atoms with Crippen molar-refractivity contribution < 1.29 is 14.7 Å². The minimum Gasteiger partial charge on any atom is -0.480 e. The van der Waals surface area contributed by atoms with E-state index in [1.165, 1.54) is 0 Å². The molecule has 1 heterocycles. The molecule has 1 aromatic rings. The van der Waals surface area contributed by atoms with Crippen molar-refractivity contribution in [2.45, 2.75) is 37.8 Å². The zero-order valence-corrected chi connectivity index (χ0v) is 10.7. The number of nitrogens with two attached hydrogens (primary N) is 1. The molecule has 0 aliphatic heterocycles. The lowest BCUT2D eigenvalue weighted by molar-refractivity contribution is -0.146. The van der Waals surface area contributed by atoms with Crippen molar-refractivity contribution in [3.05, 3.63) is 24.0 Å². The van der Waals surface area contributed by atoms with Crippen LogP contribution in [0, 0.1) is 5.92 Å². The van der Waals surface area contributed by atoms with Gasteiger partial charge in [-0.15, -0.1) is 0 Å². The van der Waals surface area contributed by atoms with E-state index in [0.29, 0.717) is 32.2 Å². The topological polar surface area (TPSA) is 108 Å². The summed E-state index contributed by atoms with van der Waals surface area (Å²) in [6.45, 7) is 0.492. The Morgan fingerprint density at radius 2 is 2.16 bits per heavy atom. The highest BCUT2D eigenvalue weighted by molar-refractivity contribution is 5.81. The fourth-order valence-corrected chi connectivity index (χ4v) is 2.41. The number of aromatic nitrogens is 1. The third kappa shape index (κ3) is 3.14. The van der Waals surface area contributed by atoms with E-state index < -0.39 is 11.5 Å². The molecule has 1 fully saturated rings. The largest absolute Gasteiger partial charge is 0.480 e. The Morgan fingerprint density at radius 3 is 2.68 bits per heavy atom. The molecule has 1 aliphatic carbocycles.